The van der Waals surface area contributed by atoms with Gasteiger partial charge in [-0.1, -0.05) is 6.92 Å². The van der Waals surface area contributed by atoms with Gasteiger partial charge in [-0.05, 0) is 40.3 Å². The smallest absolute Gasteiger partial charge is 0.218 e. The molecule has 5 heteroatoms. The maximum Gasteiger partial charge on any atom is 0.218 e. The quantitative estimate of drug-likeness (QED) is 0.696. The van der Waals surface area contributed by atoms with Gasteiger partial charge < -0.3 is 15.0 Å². The molecule has 0 radical (unpaired) electrons. The van der Waals surface area contributed by atoms with E-state index in [1.165, 1.54) is 6.33 Å². The van der Waals surface area contributed by atoms with E-state index in [1.54, 1.807) is 0 Å². The Labute approximate surface area is 116 Å². The monoisotopic (exact) mass is 266 g/mol. The molecular weight excluding hydrogens is 240 g/mol. The van der Waals surface area contributed by atoms with E-state index in [1.807, 2.05) is 6.07 Å². The third-order valence-corrected chi connectivity index (χ3v) is 2.97. The van der Waals surface area contributed by atoms with Crippen molar-refractivity contribution in [2.24, 2.45) is 0 Å². The third-order valence-electron chi connectivity index (χ3n) is 2.97. The highest BCUT2D eigenvalue weighted by molar-refractivity contribution is 5.36. The first-order valence-electron chi connectivity index (χ1n) is 7.02. The zero-order chi connectivity index (χ0) is 14.1. The molecule has 0 saturated carbocycles. The van der Waals surface area contributed by atoms with Crippen LogP contribution in [0.3, 0.4) is 0 Å². The van der Waals surface area contributed by atoms with Crippen LogP contribution in [-0.2, 0) is 0 Å². The minimum atomic E-state index is 0.591. The van der Waals surface area contributed by atoms with Crippen LogP contribution in [-0.4, -0.2) is 47.7 Å². The highest BCUT2D eigenvalue weighted by Crippen LogP contribution is 2.11. The summed E-state index contributed by atoms with van der Waals surface area (Å²) in [5.41, 5.74) is 0. The van der Waals surface area contributed by atoms with Crippen LogP contribution < -0.4 is 10.1 Å². The molecule has 0 atom stereocenters. The summed E-state index contributed by atoms with van der Waals surface area (Å²) in [6, 6.07) is 2.44. The topological polar surface area (TPSA) is 50.3 Å². The Hall–Kier alpha value is -1.36. The standard InChI is InChI=1S/C14H26N4O/c1-5-9-19-14-10-13(16-11-17-14)15-7-6-8-18(4)12(2)3/h10-12H,5-9H2,1-4H3,(H,15,16,17). The van der Waals surface area contributed by atoms with Crippen LogP contribution in [0.15, 0.2) is 12.4 Å². The molecule has 0 unspecified atom stereocenters. The minimum absolute atomic E-state index is 0.591. The van der Waals surface area contributed by atoms with Crippen molar-refractivity contribution in [2.45, 2.75) is 39.7 Å². The van der Waals surface area contributed by atoms with Crippen molar-refractivity contribution in [1.29, 1.82) is 0 Å². The lowest BCUT2D eigenvalue weighted by Gasteiger charge is -2.20. The molecule has 0 spiro atoms. The lowest BCUT2D eigenvalue weighted by atomic mass is 10.3. The Morgan fingerprint density at radius 2 is 2.16 bits per heavy atom. The van der Waals surface area contributed by atoms with Crippen molar-refractivity contribution in [3.63, 3.8) is 0 Å². The Kier molecular flexibility index (Phi) is 7.18. The molecule has 0 fully saturated rings. The summed E-state index contributed by atoms with van der Waals surface area (Å²) in [4.78, 5) is 10.6. The Balaban J connectivity index is 2.29. The summed E-state index contributed by atoms with van der Waals surface area (Å²) in [7, 11) is 2.14. The van der Waals surface area contributed by atoms with Gasteiger partial charge in [0, 0.05) is 18.7 Å². The summed E-state index contributed by atoms with van der Waals surface area (Å²) in [6.45, 7) is 9.15. The van der Waals surface area contributed by atoms with E-state index < -0.39 is 0 Å². The summed E-state index contributed by atoms with van der Waals surface area (Å²) in [5, 5.41) is 3.30. The number of rotatable bonds is 9. The molecule has 0 aliphatic heterocycles. The maximum absolute atomic E-state index is 5.47. The molecule has 19 heavy (non-hydrogen) atoms. The molecule has 1 aromatic heterocycles. The van der Waals surface area contributed by atoms with Gasteiger partial charge in [-0.2, -0.15) is 0 Å². The van der Waals surface area contributed by atoms with E-state index in [0.29, 0.717) is 18.5 Å². The second-order valence-corrected chi connectivity index (χ2v) is 4.94. The van der Waals surface area contributed by atoms with Gasteiger partial charge >= 0.3 is 0 Å². The molecule has 0 aliphatic rings. The molecule has 0 amide bonds. The number of aromatic nitrogens is 2. The molecule has 1 N–H and O–H groups in total. The summed E-state index contributed by atoms with van der Waals surface area (Å²) in [5.74, 6) is 1.46. The van der Waals surface area contributed by atoms with Crippen LogP contribution in [0.2, 0.25) is 0 Å². The first kappa shape index (κ1) is 15.7. The molecule has 0 aromatic carbocycles. The van der Waals surface area contributed by atoms with Crippen LogP contribution >= 0.6 is 0 Å². The average Bonchev–Trinajstić information content (AvgIpc) is 2.41. The van der Waals surface area contributed by atoms with E-state index in [2.05, 4.69) is 48.0 Å². The van der Waals surface area contributed by atoms with Crippen molar-refractivity contribution >= 4 is 5.82 Å². The second kappa shape index (κ2) is 8.69. The Morgan fingerprint density at radius 3 is 2.84 bits per heavy atom. The van der Waals surface area contributed by atoms with E-state index in [0.717, 1.165) is 31.7 Å². The van der Waals surface area contributed by atoms with Gasteiger partial charge in [0.15, 0.2) is 0 Å². The molecule has 1 aromatic rings. The fourth-order valence-corrected chi connectivity index (χ4v) is 1.52. The fourth-order valence-electron chi connectivity index (χ4n) is 1.52. The van der Waals surface area contributed by atoms with E-state index in [4.69, 9.17) is 4.74 Å². The normalized spacial score (nSPS) is 11.1. The number of anilines is 1. The maximum atomic E-state index is 5.47. The highest BCUT2D eigenvalue weighted by atomic mass is 16.5. The van der Waals surface area contributed by atoms with Crippen LogP contribution in [0.4, 0.5) is 5.82 Å². The molecule has 0 bridgehead atoms. The van der Waals surface area contributed by atoms with Crippen molar-refractivity contribution in [2.75, 3.05) is 32.1 Å². The van der Waals surface area contributed by atoms with E-state index in [-0.39, 0.29) is 0 Å². The van der Waals surface area contributed by atoms with Crippen LogP contribution in [0.5, 0.6) is 5.88 Å². The van der Waals surface area contributed by atoms with Crippen LogP contribution in [0, 0.1) is 0 Å². The predicted octanol–water partition coefficient (Wildman–Crippen LogP) is 2.41. The van der Waals surface area contributed by atoms with E-state index in [9.17, 15) is 0 Å². The molecule has 1 rings (SSSR count). The summed E-state index contributed by atoms with van der Waals surface area (Å²) < 4.78 is 5.47. The first-order valence-corrected chi connectivity index (χ1v) is 7.02. The van der Waals surface area contributed by atoms with Gasteiger partial charge in [-0.15, -0.1) is 0 Å². The Morgan fingerprint density at radius 1 is 1.37 bits per heavy atom. The van der Waals surface area contributed by atoms with Crippen LogP contribution in [0.1, 0.15) is 33.6 Å². The van der Waals surface area contributed by atoms with Gasteiger partial charge in [0.25, 0.3) is 0 Å². The number of nitrogens with one attached hydrogen (secondary N) is 1. The van der Waals surface area contributed by atoms with Gasteiger partial charge in [0.1, 0.15) is 12.1 Å². The molecule has 0 aliphatic carbocycles. The molecular formula is C14H26N4O. The third kappa shape index (κ3) is 6.38. The molecule has 5 nitrogen and oxygen atoms in total. The fraction of sp³-hybridized carbons (Fsp3) is 0.714. The average molecular weight is 266 g/mol. The highest BCUT2D eigenvalue weighted by Gasteiger charge is 2.03. The number of hydrogen-bond acceptors (Lipinski definition) is 5. The molecule has 1 heterocycles. The van der Waals surface area contributed by atoms with Crippen molar-refractivity contribution in [3.8, 4) is 5.88 Å². The van der Waals surface area contributed by atoms with Crippen molar-refractivity contribution in [1.82, 2.24) is 14.9 Å². The van der Waals surface area contributed by atoms with Crippen molar-refractivity contribution in [3.05, 3.63) is 12.4 Å². The first-order chi connectivity index (χ1) is 9.13. The minimum Gasteiger partial charge on any atom is -0.478 e. The lowest BCUT2D eigenvalue weighted by molar-refractivity contribution is 0.273. The van der Waals surface area contributed by atoms with Gasteiger partial charge in [0.2, 0.25) is 5.88 Å². The second-order valence-electron chi connectivity index (χ2n) is 4.94. The summed E-state index contributed by atoms with van der Waals surface area (Å²) >= 11 is 0. The van der Waals surface area contributed by atoms with Gasteiger partial charge in [0.05, 0.1) is 6.61 Å². The molecule has 108 valence electrons. The van der Waals surface area contributed by atoms with Gasteiger partial charge in [-0.3, -0.25) is 0 Å². The number of nitrogens with zero attached hydrogens (tertiary/aromatic N) is 3. The largest absolute Gasteiger partial charge is 0.478 e. The van der Waals surface area contributed by atoms with Gasteiger partial charge in [-0.25, -0.2) is 9.97 Å². The van der Waals surface area contributed by atoms with Crippen molar-refractivity contribution < 1.29 is 4.74 Å². The zero-order valence-corrected chi connectivity index (χ0v) is 12.5. The SMILES string of the molecule is CCCOc1cc(NCCCN(C)C(C)C)ncn1. The number of hydrogen-bond donors (Lipinski definition) is 1. The summed E-state index contributed by atoms with van der Waals surface area (Å²) in [6.07, 6.45) is 3.60. The lowest BCUT2D eigenvalue weighted by Crippen LogP contribution is -2.28. The Bertz CT molecular complexity index is 357. The molecule has 0 saturated heterocycles. The van der Waals surface area contributed by atoms with E-state index >= 15 is 0 Å². The predicted molar refractivity (Wildman–Crippen MR) is 78.7 cm³/mol. The zero-order valence-electron chi connectivity index (χ0n) is 12.5. The van der Waals surface area contributed by atoms with Crippen LogP contribution in [0.25, 0.3) is 0 Å². The number of ether oxygens (including phenoxy) is 1.